The number of anilines is 1. The minimum absolute atomic E-state index is 0.00387. The van der Waals surface area contributed by atoms with Crippen LogP contribution in [0.3, 0.4) is 0 Å². The molecule has 0 aromatic heterocycles. The molecule has 4 nitrogen and oxygen atoms in total. The van der Waals surface area contributed by atoms with Gasteiger partial charge in [0.1, 0.15) is 0 Å². The number of amides is 1. The van der Waals surface area contributed by atoms with E-state index in [-0.39, 0.29) is 18.0 Å². The Morgan fingerprint density at radius 3 is 2.89 bits per heavy atom. The zero-order valence-corrected chi connectivity index (χ0v) is 10.8. The normalized spacial score (nSPS) is 20.4. The molecule has 98 valence electrons. The molecule has 0 spiro atoms. The highest BCUT2D eigenvalue weighted by atomic mass is 16.2. The maximum atomic E-state index is 11.9. The average Bonchev–Trinajstić information content (AvgIpc) is 2.91. The van der Waals surface area contributed by atoms with Gasteiger partial charge < -0.3 is 16.0 Å². The van der Waals surface area contributed by atoms with Gasteiger partial charge in [-0.3, -0.25) is 4.79 Å². The summed E-state index contributed by atoms with van der Waals surface area (Å²) in [5.74, 6) is 0.120. The zero-order chi connectivity index (χ0) is 12.8. The Hall–Kier alpha value is -1.55. The molecule has 1 aromatic carbocycles. The van der Waals surface area contributed by atoms with Gasteiger partial charge in [0.2, 0.25) is 5.91 Å². The highest BCUT2D eigenvalue weighted by molar-refractivity contribution is 5.82. The summed E-state index contributed by atoms with van der Waals surface area (Å²) in [4.78, 5) is 11.9. The van der Waals surface area contributed by atoms with E-state index < -0.39 is 0 Å². The Morgan fingerprint density at radius 2 is 2.22 bits per heavy atom. The monoisotopic (exact) mass is 247 g/mol. The summed E-state index contributed by atoms with van der Waals surface area (Å²) in [6.07, 6.45) is 2.04. The second-order valence-electron chi connectivity index (χ2n) is 4.81. The molecular formula is C14H21N3O. The van der Waals surface area contributed by atoms with Crippen molar-refractivity contribution in [2.24, 2.45) is 0 Å². The average molecular weight is 247 g/mol. The second-order valence-corrected chi connectivity index (χ2v) is 4.81. The highest BCUT2D eigenvalue weighted by Gasteiger charge is 2.22. The van der Waals surface area contributed by atoms with Gasteiger partial charge >= 0.3 is 0 Å². The Bertz CT molecular complexity index is 374. The Labute approximate surface area is 108 Å². The van der Waals surface area contributed by atoms with Gasteiger partial charge in [0, 0.05) is 18.3 Å². The van der Waals surface area contributed by atoms with Crippen molar-refractivity contribution in [3.8, 4) is 0 Å². The fraction of sp³-hybridized carbons (Fsp3) is 0.500. The summed E-state index contributed by atoms with van der Waals surface area (Å²) in [5, 5.41) is 9.54. The first-order chi connectivity index (χ1) is 8.75. The predicted octanol–water partition coefficient (Wildman–Crippen LogP) is 1.36. The fourth-order valence-corrected chi connectivity index (χ4v) is 2.13. The van der Waals surface area contributed by atoms with Gasteiger partial charge in [0.05, 0.1) is 6.04 Å². The van der Waals surface area contributed by atoms with Crippen LogP contribution in [0.25, 0.3) is 0 Å². The van der Waals surface area contributed by atoms with Gasteiger partial charge in [-0.2, -0.15) is 0 Å². The lowest BCUT2D eigenvalue weighted by Crippen LogP contribution is -2.46. The van der Waals surface area contributed by atoms with Crippen molar-refractivity contribution in [3.05, 3.63) is 30.3 Å². The van der Waals surface area contributed by atoms with Crippen LogP contribution in [0.1, 0.15) is 19.8 Å². The van der Waals surface area contributed by atoms with Crippen molar-refractivity contribution in [2.75, 3.05) is 18.4 Å². The van der Waals surface area contributed by atoms with Crippen molar-refractivity contribution < 1.29 is 4.79 Å². The molecule has 1 aliphatic heterocycles. The van der Waals surface area contributed by atoms with E-state index in [1.807, 2.05) is 37.3 Å². The Morgan fingerprint density at radius 1 is 1.44 bits per heavy atom. The summed E-state index contributed by atoms with van der Waals surface area (Å²) in [6, 6.07) is 10.1. The number of carbonyl (C=O) groups excluding carboxylic acids is 1. The number of carbonyl (C=O) groups is 1. The molecule has 3 N–H and O–H groups in total. The Balaban J connectivity index is 1.71. The van der Waals surface area contributed by atoms with Crippen molar-refractivity contribution in [1.82, 2.24) is 10.6 Å². The first-order valence-corrected chi connectivity index (χ1v) is 6.58. The third-order valence-electron chi connectivity index (χ3n) is 3.15. The van der Waals surface area contributed by atoms with Crippen LogP contribution in [0.4, 0.5) is 5.69 Å². The lowest BCUT2D eigenvalue weighted by Gasteiger charge is -2.18. The van der Waals surface area contributed by atoms with E-state index in [1.165, 1.54) is 0 Å². The van der Waals surface area contributed by atoms with Gasteiger partial charge in [0.25, 0.3) is 0 Å². The van der Waals surface area contributed by atoms with Gasteiger partial charge in [0.15, 0.2) is 0 Å². The van der Waals surface area contributed by atoms with Crippen LogP contribution >= 0.6 is 0 Å². The summed E-state index contributed by atoms with van der Waals surface area (Å²) in [5.41, 5.74) is 1.08. The molecule has 1 aromatic rings. The molecule has 1 amide bonds. The smallest absolute Gasteiger partial charge is 0.237 e. The number of rotatable bonds is 5. The SMILES string of the molecule is CC(CNc1ccccc1)NC(=O)C1CCCN1. The topological polar surface area (TPSA) is 53.2 Å². The summed E-state index contributed by atoms with van der Waals surface area (Å²) >= 11 is 0. The van der Waals surface area contributed by atoms with Gasteiger partial charge in [-0.15, -0.1) is 0 Å². The van der Waals surface area contributed by atoms with Crippen molar-refractivity contribution in [3.63, 3.8) is 0 Å². The molecule has 4 heteroatoms. The van der Waals surface area contributed by atoms with E-state index in [4.69, 9.17) is 0 Å². The molecule has 2 atom stereocenters. The van der Waals surface area contributed by atoms with E-state index in [0.29, 0.717) is 0 Å². The Kier molecular flexibility index (Phi) is 4.59. The van der Waals surface area contributed by atoms with E-state index in [9.17, 15) is 4.79 Å². The van der Waals surface area contributed by atoms with Gasteiger partial charge in [-0.25, -0.2) is 0 Å². The first-order valence-electron chi connectivity index (χ1n) is 6.58. The van der Waals surface area contributed by atoms with Gasteiger partial charge in [-0.05, 0) is 38.4 Å². The second kappa shape index (κ2) is 6.40. The molecule has 1 saturated heterocycles. The van der Waals surface area contributed by atoms with Crippen molar-refractivity contribution in [2.45, 2.75) is 31.8 Å². The van der Waals surface area contributed by atoms with Crippen LogP contribution in [0, 0.1) is 0 Å². The summed E-state index contributed by atoms with van der Waals surface area (Å²) < 4.78 is 0. The summed E-state index contributed by atoms with van der Waals surface area (Å²) in [6.45, 7) is 3.71. The first kappa shape index (κ1) is 12.9. The third kappa shape index (κ3) is 3.74. The lowest BCUT2D eigenvalue weighted by molar-refractivity contribution is -0.123. The minimum atomic E-state index is 0.00387. The standard InChI is InChI=1S/C14H21N3O/c1-11(10-16-12-6-3-2-4-7-12)17-14(18)13-8-5-9-15-13/h2-4,6-7,11,13,15-16H,5,8-10H2,1H3,(H,17,18). The molecule has 2 unspecified atom stereocenters. The zero-order valence-electron chi connectivity index (χ0n) is 10.8. The largest absolute Gasteiger partial charge is 0.383 e. The van der Waals surface area contributed by atoms with E-state index in [2.05, 4.69) is 16.0 Å². The van der Waals surface area contributed by atoms with Crippen LogP contribution in [0.15, 0.2) is 30.3 Å². The van der Waals surface area contributed by atoms with Crippen LogP contribution < -0.4 is 16.0 Å². The number of hydrogen-bond acceptors (Lipinski definition) is 3. The van der Waals surface area contributed by atoms with Crippen molar-refractivity contribution >= 4 is 11.6 Å². The summed E-state index contributed by atoms with van der Waals surface area (Å²) in [7, 11) is 0. The molecular weight excluding hydrogens is 226 g/mol. The molecule has 0 aliphatic carbocycles. The molecule has 0 radical (unpaired) electrons. The quantitative estimate of drug-likeness (QED) is 0.736. The maximum Gasteiger partial charge on any atom is 0.237 e. The highest BCUT2D eigenvalue weighted by Crippen LogP contribution is 2.06. The number of para-hydroxylation sites is 1. The molecule has 2 rings (SSSR count). The van der Waals surface area contributed by atoms with E-state index in [0.717, 1.165) is 31.6 Å². The molecule has 18 heavy (non-hydrogen) atoms. The van der Waals surface area contributed by atoms with Crippen LogP contribution in [0.5, 0.6) is 0 Å². The van der Waals surface area contributed by atoms with E-state index >= 15 is 0 Å². The number of benzene rings is 1. The lowest BCUT2D eigenvalue weighted by atomic mass is 10.2. The molecule has 1 heterocycles. The molecule has 0 bridgehead atoms. The fourth-order valence-electron chi connectivity index (χ4n) is 2.13. The van der Waals surface area contributed by atoms with Crippen molar-refractivity contribution in [1.29, 1.82) is 0 Å². The predicted molar refractivity (Wildman–Crippen MR) is 73.6 cm³/mol. The third-order valence-corrected chi connectivity index (χ3v) is 3.15. The van der Waals surface area contributed by atoms with Gasteiger partial charge in [-0.1, -0.05) is 18.2 Å². The molecule has 1 aliphatic rings. The number of hydrogen-bond donors (Lipinski definition) is 3. The van der Waals surface area contributed by atoms with Crippen LogP contribution in [-0.2, 0) is 4.79 Å². The van der Waals surface area contributed by atoms with Crippen LogP contribution in [0.2, 0.25) is 0 Å². The number of nitrogens with one attached hydrogen (secondary N) is 3. The minimum Gasteiger partial charge on any atom is -0.383 e. The maximum absolute atomic E-state index is 11.9. The van der Waals surface area contributed by atoms with E-state index in [1.54, 1.807) is 0 Å². The van der Waals surface area contributed by atoms with Crippen LogP contribution in [-0.4, -0.2) is 31.1 Å². The molecule has 0 saturated carbocycles. The molecule has 1 fully saturated rings.